The number of benzene rings is 2. The molecule has 0 spiro atoms. The van der Waals surface area contributed by atoms with Gasteiger partial charge < -0.3 is 5.11 Å². The average molecular weight is 283 g/mol. The minimum absolute atomic E-state index is 0.0379. The zero-order valence-electron chi connectivity index (χ0n) is 11.4. The Morgan fingerprint density at radius 3 is 2.50 bits per heavy atom. The van der Waals surface area contributed by atoms with Crippen molar-refractivity contribution in [2.45, 2.75) is 30.1 Å². The maximum Gasteiger partial charge on any atom is 0.100 e. The first-order chi connectivity index (χ1) is 9.71. The highest BCUT2D eigenvalue weighted by molar-refractivity contribution is 8.00. The van der Waals surface area contributed by atoms with Crippen LogP contribution in [0.25, 0.3) is 0 Å². The molecule has 102 valence electrons. The molecule has 2 aromatic rings. The number of hydrogen-bond donors (Lipinski definition) is 1. The van der Waals surface area contributed by atoms with E-state index in [9.17, 15) is 5.26 Å². The van der Waals surface area contributed by atoms with Crippen molar-refractivity contribution in [1.82, 2.24) is 0 Å². The van der Waals surface area contributed by atoms with Crippen molar-refractivity contribution in [3.05, 3.63) is 65.2 Å². The van der Waals surface area contributed by atoms with Crippen LogP contribution in [-0.2, 0) is 13.0 Å². The van der Waals surface area contributed by atoms with Crippen LogP contribution >= 0.6 is 11.8 Å². The van der Waals surface area contributed by atoms with Gasteiger partial charge >= 0.3 is 0 Å². The molecule has 0 aliphatic heterocycles. The molecule has 3 heteroatoms. The van der Waals surface area contributed by atoms with Crippen LogP contribution in [0.1, 0.15) is 16.7 Å². The zero-order chi connectivity index (χ0) is 14.4. The highest BCUT2D eigenvalue weighted by Crippen LogP contribution is 2.26. The molecule has 2 rings (SSSR count). The van der Waals surface area contributed by atoms with E-state index in [1.165, 1.54) is 5.56 Å². The van der Waals surface area contributed by atoms with E-state index in [0.29, 0.717) is 6.42 Å². The Hall–Kier alpha value is -1.76. The number of hydrogen-bond acceptors (Lipinski definition) is 3. The number of aliphatic hydroxyl groups is 1. The van der Waals surface area contributed by atoms with Gasteiger partial charge in [0.15, 0.2) is 0 Å². The summed E-state index contributed by atoms with van der Waals surface area (Å²) in [6.45, 7) is 2.09. The van der Waals surface area contributed by atoms with Crippen molar-refractivity contribution < 1.29 is 5.11 Å². The van der Waals surface area contributed by atoms with Crippen molar-refractivity contribution in [3.63, 3.8) is 0 Å². The Bertz CT molecular complexity index is 601. The van der Waals surface area contributed by atoms with Crippen LogP contribution in [0.15, 0.2) is 53.4 Å². The Labute approximate surface area is 124 Å². The molecule has 1 unspecified atom stereocenters. The molecule has 2 nitrogen and oxygen atoms in total. The second-order valence-corrected chi connectivity index (χ2v) is 6.01. The molecule has 0 bridgehead atoms. The van der Waals surface area contributed by atoms with Crippen molar-refractivity contribution in [2.75, 3.05) is 0 Å². The largest absolute Gasteiger partial charge is 0.392 e. The first-order valence-corrected chi connectivity index (χ1v) is 7.41. The topological polar surface area (TPSA) is 44.0 Å². The number of rotatable bonds is 5. The van der Waals surface area contributed by atoms with Crippen LogP contribution in [0.4, 0.5) is 0 Å². The lowest BCUT2D eigenvalue weighted by Crippen LogP contribution is -2.04. The fraction of sp³-hybridized carbons (Fsp3) is 0.235. The van der Waals surface area contributed by atoms with Crippen LogP contribution < -0.4 is 0 Å². The molecule has 20 heavy (non-hydrogen) atoms. The molecule has 0 amide bonds. The predicted molar refractivity (Wildman–Crippen MR) is 82.5 cm³/mol. The van der Waals surface area contributed by atoms with E-state index in [1.54, 1.807) is 11.8 Å². The Balaban J connectivity index is 2.05. The summed E-state index contributed by atoms with van der Waals surface area (Å²) in [6, 6.07) is 18.3. The van der Waals surface area contributed by atoms with Crippen LogP contribution in [0, 0.1) is 18.3 Å². The molecule has 0 saturated heterocycles. The minimum Gasteiger partial charge on any atom is -0.392 e. The van der Waals surface area contributed by atoms with Crippen LogP contribution in [-0.4, -0.2) is 10.4 Å². The first-order valence-electron chi connectivity index (χ1n) is 6.53. The summed E-state index contributed by atoms with van der Waals surface area (Å²) in [5.74, 6) is 0. The molecule has 0 aromatic heterocycles. The predicted octanol–water partition coefficient (Wildman–Crippen LogP) is 3.71. The maximum atomic E-state index is 9.31. The SMILES string of the molecule is Cc1ccc(SC(C#N)Cc2cccc(CO)c2)cc1. The smallest absolute Gasteiger partial charge is 0.100 e. The number of thioether (sulfide) groups is 1. The van der Waals surface area contributed by atoms with Crippen molar-refractivity contribution >= 4 is 11.8 Å². The summed E-state index contributed by atoms with van der Waals surface area (Å²) >= 11 is 1.58. The van der Waals surface area contributed by atoms with Crippen LogP contribution in [0.2, 0.25) is 0 Å². The second-order valence-electron chi connectivity index (χ2n) is 4.73. The van der Waals surface area contributed by atoms with Gasteiger partial charge in [0, 0.05) is 4.90 Å². The summed E-state index contributed by atoms with van der Waals surface area (Å²) in [6.07, 6.45) is 0.683. The summed E-state index contributed by atoms with van der Waals surface area (Å²) < 4.78 is 0. The summed E-state index contributed by atoms with van der Waals surface area (Å²) in [7, 11) is 0. The summed E-state index contributed by atoms with van der Waals surface area (Å²) in [4.78, 5) is 1.11. The van der Waals surface area contributed by atoms with Gasteiger partial charge in [-0.15, -0.1) is 11.8 Å². The average Bonchev–Trinajstić information content (AvgIpc) is 2.49. The monoisotopic (exact) mass is 283 g/mol. The van der Waals surface area contributed by atoms with E-state index in [0.717, 1.165) is 16.0 Å². The van der Waals surface area contributed by atoms with Gasteiger partial charge in [-0.25, -0.2) is 0 Å². The summed E-state index contributed by atoms with van der Waals surface area (Å²) in [5, 5.41) is 18.3. The van der Waals surface area contributed by atoms with Crippen molar-refractivity contribution in [1.29, 1.82) is 5.26 Å². The van der Waals surface area contributed by atoms with Gasteiger partial charge in [0.1, 0.15) is 5.25 Å². The lowest BCUT2D eigenvalue weighted by Gasteiger charge is -2.10. The van der Waals surface area contributed by atoms with Crippen LogP contribution in [0.3, 0.4) is 0 Å². The molecular formula is C17H17NOS. The molecule has 1 atom stereocenters. The lowest BCUT2D eigenvalue weighted by atomic mass is 10.1. The summed E-state index contributed by atoms with van der Waals surface area (Å²) in [5.41, 5.74) is 3.20. The molecule has 0 saturated carbocycles. The van der Waals surface area contributed by atoms with Crippen molar-refractivity contribution in [2.24, 2.45) is 0 Å². The zero-order valence-corrected chi connectivity index (χ0v) is 12.2. The van der Waals surface area contributed by atoms with E-state index in [2.05, 4.69) is 37.3 Å². The van der Waals surface area contributed by atoms with E-state index < -0.39 is 0 Å². The third kappa shape index (κ3) is 4.12. The molecule has 1 N–H and O–H groups in total. The standard InChI is InChI=1S/C17H17NOS/c1-13-5-7-16(8-6-13)20-17(11-18)10-14-3-2-4-15(9-14)12-19/h2-9,17,19H,10,12H2,1H3. The van der Waals surface area contributed by atoms with E-state index in [-0.39, 0.29) is 11.9 Å². The fourth-order valence-corrected chi connectivity index (χ4v) is 2.91. The van der Waals surface area contributed by atoms with Gasteiger partial charge in [-0.05, 0) is 36.6 Å². The highest BCUT2D eigenvalue weighted by Gasteiger charge is 2.10. The van der Waals surface area contributed by atoms with Gasteiger partial charge in [0.25, 0.3) is 0 Å². The Morgan fingerprint density at radius 1 is 1.15 bits per heavy atom. The lowest BCUT2D eigenvalue weighted by molar-refractivity contribution is 0.281. The molecule has 0 aliphatic rings. The van der Waals surface area contributed by atoms with Gasteiger partial charge in [-0.3, -0.25) is 0 Å². The molecule has 0 aliphatic carbocycles. The van der Waals surface area contributed by atoms with E-state index >= 15 is 0 Å². The minimum atomic E-state index is -0.119. The maximum absolute atomic E-state index is 9.31. The highest BCUT2D eigenvalue weighted by atomic mass is 32.2. The molecule has 2 aromatic carbocycles. The molecule has 0 radical (unpaired) electrons. The normalized spacial score (nSPS) is 11.8. The van der Waals surface area contributed by atoms with E-state index in [1.807, 2.05) is 24.3 Å². The number of nitriles is 1. The number of aryl methyl sites for hydroxylation is 1. The van der Waals surface area contributed by atoms with Crippen LogP contribution in [0.5, 0.6) is 0 Å². The van der Waals surface area contributed by atoms with E-state index in [4.69, 9.17) is 5.11 Å². The Morgan fingerprint density at radius 2 is 1.85 bits per heavy atom. The molecule has 0 fully saturated rings. The fourth-order valence-electron chi connectivity index (χ4n) is 1.96. The first kappa shape index (κ1) is 14.6. The van der Waals surface area contributed by atoms with Gasteiger partial charge in [-0.1, -0.05) is 42.0 Å². The van der Waals surface area contributed by atoms with Crippen molar-refractivity contribution in [3.8, 4) is 6.07 Å². The third-order valence-electron chi connectivity index (χ3n) is 3.04. The Kier molecular flexibility index (Phi) is 5.23. The third-order valence-corrected chi connectivity index (χ3v) is 4.14. The van der Waals surface area contributed by atoms with Gasteiger partial charge in [0.05, 0.1) is 12.7 Å². The quantitative estimate of drug-likeness (QED) is 0.851. The second kappa shape index (κ2) is 7.14. The van der Waals surface area contributed by atoms with Gasteiger partial charge in [-0.2, -0.15) is 5.26 Å². The number of nitrogens with zero attached hydrogens (tertiary/aromatic N) is 1. The molecular weight excluding hydrogens is 266 g/mol. The number of aliphatic hydroxyl groups excluding tert-OH is 1. The molecule has 0 heterocycles. The van der Waals surface area contributed by atoms with Gasteiger partial charge in [0.2, 0.25) is 0 Å².